The van der Waals surface area contributed by atoms with Crippen LogP contribution in [0.15, 0.2) is 67.0 Å². The molecule has 0 aliphatic carbocycles. The fraction of sp³-hybridized carbons (Fsp3) is 0.105. The SMILES string of the molecule is O=C(Oc1ccc(-n2cccn2)cc1)c1ccc(N2CCNC2=O)cc1. The van der Waals surface area contributed by atoms with Gasteiger partial charge in [-0.2, -0.15) is 5.10 Å². The molecule has 7 nitrogen and oxygen atoms in total. The third kappa shape index (κ3) is 3.14. The van der Waals surface area contributed by atoms with Crippen molar-refractivity contribution in [1.82, 2.24) is 15.1 Å². The van der Waals surface area contributed by atoms with Crippen molar-refractivity contribution in [3.05, 3.63) is 72.6 Å². The zero-order chi connectivity index (χ0) is 17.9. The van der Waals surface area contributed by atoms with E-state index in [1.165, 1.54) is 0 Å². The Morgan fingerprint density at radius 3 is 2.38 bits per heavy atom. The van der Waals surface area contributed by atoms with E-state index in [1.807, 2.05) is 24.4 Å². The largest absolute Gasteiger partial charge is 0.423 e. The van der Waals surface area contributed by atoms with Crippen LogP contribution in [0.3, 0.4) is 0 Å². The highest BCUT2D eigenvalue weighted by molar-refractivity contribution is 5.95. The van der Waals surface area contributed by atoms with Gasteiger partial charge in [-0.3, -0.25) is 4.90 Å². The maximum atomic E-state index is 12.3. The van der Waals surface area contributed by atoms with Gasteiger partial charge in [-0.1, -0.05) is 0 Å². The number of nitrogens with one attached hydrogen (secondary N) is 1. The Morgan fingerprint density at radius 2 is 1.77 bits per heavy atom. The average Bonchev–Trinajstić information content (AvgIpc) is 3.34. The molecular weight excluding hydrogens is 332 g/mol. The lowest BCUT2D eigenvalue weighted by Gasteiger charge is -2.14. The second kappa shape index (κ2) is 6.72. The monoisotopic (exact) mass is 348 g/mol. The number of benzene rings is 2. The maximum Gasteiger partial charge on any atom is 0.343 e. The highest BCUT2D eigenvalue weighted by atomic mass is 16.5. The van der Waals surface area contributed by atoms with Gasteiger partial charge in [0.15, 0.2) is 0 Å². The van der Waals surface area contributed by atoms with Gasteiger partial charge in [0.25, 0.3) is 0 Å². The lowest BCUT2D eigenvalue weighted by atomic mass is 10.2. The van der Waals surface area contributed by atoms with Gasteiger partial charge in [0.05, 0.1) is 11.3 Å². The van der Waals surface area contributed by atoms with Gasteiger partial charge in [-0.15, -0.1) is 0 Å². The molecule has 0 saturated carbocycles. The third-order valence-corrected chi connectivity index (χ3v) is 4.09. The third-order valence-electron chi connectivity index (χ3n) is 4.09. The Morgan fingerprint density at radius 1 is 1.04 bits per heavy atom. The van der Waals surface area contributed by atoms with Gasteiger partial charge in [0.1, 0.15) is 5.75 Å². The number of nitrogens with zero attached hydrogens (tertiary/aromatic N) is 3. The molecule has 1 saturated heterocycles. The van der Waals surface area contributed by atoms with Crippen molar-refractivity contribution >= 4 is 17.7 Å². The molecule has 0 radical (unpaired) electrons. The first-order chi connectivity index (χ1) is 12.7. The predicted octanol–water partition coefficient (Wildman–Crippen LogP) is 2.62. The molecule has 4 rings (SSSR count). The molecule has 2 aromatic carbocycles. The molecule has 2 amide bonds. The number of urea groups is 1. The molecule has 7 heteroatoms. The first kappa shape index (κ1) is 15.9. The van der Waals surface area contributed by atoms with Crippen molar-refractivity contribution < 1.29 is 14.3 Å². The van der Waals surface area contributed by atoms with Gasteiger partial charge in [0.2, 0.25) is 0 Å². The first-order valence-electron chi connectivity index (χ1n) is 8.18. The van der Waals surface area contributed by atoms with E-state index in [0.29, 0.717) is 24.4 Å². The van der Waals surface area contributed by atoms with E-state index in [-0.39, 0.29) is 6.03 Å². The molecule has 26 heavy (non-hydrogen) atoms. The second-order valence-corrected chi connectivity index (χ2v) is 5.76. The zero-order valence-corrected chi connectivity index (χ0v) is 13.8. The molecule has 0 atom stereocenters. The molecule has 3 aromatic rings. The molecule has 1 N–H and O–H groups in total. The van der Waals surface area contributed by atoms with E-state index in [1.54, 1.807) is 52.2 Å². The van der Waals surface area contributed by atoms with Crippen LogP contribution < -0.4 is 15.0 Å². The lowest BCUT2D eigenvalue weighted by Crippen LogP contribution is -2.27. The van der Waals surface area contributed by atoms with E-state index in [2.05, 4.69) is 10.4 Å². The molecule has 1 fully saturated rings. The number of ether oxygens (including phenoxy) is 1. The molecule has 0 bridgehead atoms. The van der Waals surface area contributed by atoms with Gasteiger partial charge in [0, 0.05) is 31.2 Å². The molecular formula is C19H16N4O3. The summed E-state index contributed by atoms with van der Waals surface area (Å²) in [4.78, 5) is 25.6. The summed E-state index contributed by atoms with van der Waals surface area (Å²) in [5.74, 6) is 0.00293. The summed E-state index contributed by atoms with van der Waals surface area (Å²) in [6.07, 6.45) is 3.53. The van der Waals surface area contributed by atoms with E-state index in [0.717, 1.165) is 11.4 Å². The molecule has 130 valence electrons. The van der Waals surface area contributed by atoms with Gasteiger partial charge < -0.3 is 10.1 Å². The summed E-state index contributed by atoms with van der Waals surface area (Å²) in [5.41, 5.74) is 2.05. The van der Waals surface area contributed by atoms with Crippen LogP contribution in [0.2, 0.25) is 0 Å². The van der Waals surface area contributed by atoms with Crippen molar-refractivity contribution in [1.29, 1.82) is 0 Å². The van der Waals surface area contributed by atoms with Crippen molar-refractivity contribution in [2.75, 3.05) is 18.0 Å². The van der Waals surface area contributed by atoms with Crippen molar-refractivity contribution in [2.45, 2.75) is 0 Å². The summed E-state index contributed by atoms with van der Waals surface area (Å²) in [5, 5.41) is 6.89. The number of esters is 1. The fourth-order valence-electron chi connectivity index (χ4n) is 2.75. The molecule has 1 aromatic heterocycles. The molecule has 0 unspecified atom stereocenters. The summed E-state index contributed by atoms with van der Waals surface area (Å²) in [6, 6.07) is 15.6. The van der Waals surface area contributed by atoms with Crippen LogP contribution in [0.5, 0.6) is 5.75 Å². The van der Waals surface area contributed by atoms with Gasteiger partial charge in [-0.25, -0.2) is 14.3 Å². The summed E-state index contributed by atoms with van der Waals surface area (Å²) in [6.45, 7) is 1.24. The highest BCUT2D eigenvalue weighted by Crippen LogP contribution is 2.19. The van der Waals surface area contributed by atoms with Crippen LogP contribution in [0.1, 0.15) is 10.4 Å². The number of aromatic nitrogens is 2. The smallest absolute Gasteiger partial charge is 0.343 e. The minimum Gasteiger partial charge on any atom is -0.423 e. The van der Waals surface area contributed by atoms with Gasteiger partial charge in [-0.05, 0) is 54.6 Å². The van der Waals surface area contributed by atoms with Crippen molar-refractivity contribution in [3.8, 4) is 11.4 Å². The number of carbonyl (C=O) groups is 2. The number of carbonyl (C=O) groups excluding carboxylic acids is 2. The molecule has 1 aliphatic rings. The topological polar surface area (TPSA) is 76.5 Å². The van der Waals surface area contributed by atoms with Crippen LogP contribution in [0.4, 0.5) is 10.5 Å². The molecule has 2 heterocycles. The van der Waals surface area contributed by atoms with E-state index in [9.17, 15) is 9.59 Å². The van der Waals surface area contributed by atoms with E-state index >= 15 is 0 Å². The minimum absolute atomic E-state index is 0.127. The zero-order valence-electron chi connectivity index (χ0n) is 13.8. The van der Waals surface area contributed by atoms with Crippen molar-refractivity contribution in [2.24, 2.45) is 0 Å². The minimum atomic E-state index is -0.450. The maximum absolute atomic E-state index is 12.3. The van der Waals surface area contributed by atoms with Crippen LogP contribution in [-0.2, 0) is 0 Å². The summed E-state index contributed by atoms with van der Waals surface area (Å²) < 4.78 is 7.12. The number of anilines is 1. The highest BCUT2D eigenvalue weighted by Gasteiger charge is 2.21. The Labute approximate surface area is 149 Å². The number of rotatable bonds is 4. The second-order valence-electron chi connectivity index (χ2n) is 5.76. The van der Waals surface area contributed by atoms with Crippen molar-refractivity contribution in [3.63, 3.8) is 0 Å². The fourth-order valence-corrected chi connectivity index (χ4v) is 2.75. The lowest BCUT2D eigenvalue weighted by molar-refractivity contribution is 0.0735. The normalized spacial score (nSPS) is 13.5. The predicted molar refractivity (Wildman–Crippen MR) is 95.7 cm³/mol. The van der Waals surface area contributed by atoms with Crippen LogP contribution in [0.25, 0.3) is 5.69 Å². The Kier molecular flexibility index (Phi) is 4.10. The molecule has 1 aliphatic heterocycles. The Bertz CT molecular complexity index is 918. The Balaban J connectivity index is 1.43. The van der Waals surface area contributed by atoms with E-state index < -0.39 is 5.97 Å². The molecule has 0 spiro atoms. The quantitative estimate of drug-likeness (QED) is 0.581. The number of hydrogen-bond donors (Lipinski definition) is 1. The summed E-state index contributed by atoms with van der Waals surface area (Å²) in [7, 11) is 0. The van der Waals surface area contributed by atoms with Crippen LogP contribution >= 0.6 is 0 Å². The average molecular weight is 348 g/mol. The first-order valence-corrected chi connectivity index (χ1v) is 8.18. The van der Waals surface area contributed by atoms with Gasteiger partial charge >= 0.3 is 12.0 Å². The standard InChI is InChI=1S/C19H16N4O3/c24-18(14-2-4-15(5-3-14)22-13-11-20-19(22)25)26-17-8-6-16(7-9-17)23-12-1-10-21-23/h1-10,12H,11,13H2,(H,20,25). The number of amides is 2. The Hall–Kier alpha value is -3.61. The van der Waals surface area contributed by atoms with Crippen LogP contribution in [0, 0.1) is 0 Å². The van der Waals surface area contributed by atoms with E-state index in [4.69, 9.17) is 4.74 Å². The number of hydrogen-bond acceptors (Lipinski definition) is 4. The van der Waals surface area contributed by atoms with Crippen LogP contribution in [-0.4, -0.2) is 34.9 Å². The summed E-state index contributed by atoms with van der Waals surface area (Å²) >= 11 is 0.